The molecule has 2 heterocycles. The fourth-order valence-electron chi connectivity index (χ4n) is 2.16. The van der Waals surface area contributed by atoms with Gasteiger partial charge in [0.15, 0.2) is 5.96 Å². The molecule has 2 rings (SSSR count). The number of pyridine rings is 1. The van der Waals surface area contributed by atoms with Gasteiger partial charge in [0, 0.05) is 38.9 Å². The fraction of sp³-hybridized carbons (Fsp3) is 0.625. The molecule has 0 aliphatic carbocycles. The van der Waals surface area contributed by atoms with Gasteiger partial charge in [-0.05, 0) is 31.1 Å². The Morgan fingerprint density at radius 3 is 2.68 bits per heavy atom. The zero-order valence-corrected chi connectivity index (χ0v) is 13.9. The highest BCUT2D eigenvalue weighted by molar-refractivity contribution is 5.93. The second-order valence-corrected chi connectivity index (χ2v) is 6.67. The van der Waals surface area contributed by atoms with Gasteiger partial charge in [-0.2, -0.15) is 0 Å². The molecule has 1 aromatic heterocycles. The van der Waals surface area contributed by atoms with Crippen molar-refractivity contribution in [2.24, 2.45) is 16.1 Å². The lowest BCUT2D eigenvalue weighted by molar-refractivity contribution is 0.214. The lowest BCUT2D eigenvalue weighted by Gasteiger charge is -2.35. The van der Waals surface area contributed by atoms with Crippen molar-refractivity contribution in [3.63, 3.8) is 0 Å². The Labute approximate surface area is 133 Å². The second kappa shape index (κ2) is 7.56. The van der Waals surface area contributed by atoms with E-state index in [-0.39, 0.29) is 5.41 Å². The Bertz CT molecular complexity index is 477. The van der Waals surface area contributed by atoms with Gasteiger partial charge in [-0.1, -0.05) is 13.8 Å². The third-order valence-corrected chi connectivity index (χ3v) is 3.93. The van der Waals surface area contributed by atoms with Crippen LogP contribution in [0.1, 0.15) is 13.8 Å². The average molecular weight is 304 g/mol. The van der Waals surface area contributed by atoms with Crippen LogP contribution in [0.3, 0.4) is 0 Å². The molecule has 0 atom stereocenters. The molecule has 6 heteroatoms. The number of rotatable bonds is 4. The van der Waals surface area contributed by atoms with E-state index in [9.17, 15) is 0 Å². The number of guanidine groups is 1. The van der Waals surface area contributed by atoms with Crippen LogP contribution in [-0.4, -0.2) is 67.1 Å². The van der Waals surface area contributed by atoms with Crippen LogP contribution in [0.15, 0.2) is 29.5 Å². The molecule has 1 saturated heterocycles. The highest BCUT2D eigenvalue weighted by Gasteiger charge is 2.20. The van der Waals surface area contributed by atoms with Crippen LogP contribution in [0.5, 0.6) is 0 Å². The van der Waals surface area contributed by atoms with Crippen molar-refractivity contribution in [2.45, 2.75) is 13.8 Å². The quantitative estimate of drug-likeness (QED) is 0.643. The summed E-state index contributed by atoms with van der Waals surface area (Å²) < 4.78 is 0. The molecule has 1 fully saturated rings. The van der Waals surface area contributed by atoms with Crippen LogP contribution in [0.25, 0.3) is 0 Å². The summed E-state index contributed by atoms with van der Waals surface area (Å²) in [6.07, 6.45) is 3.59. The van der Waals surface area contributed by atoms with E-state index in [0.29, 0.717) is 13.1 Å². The van der Waals surface area contributed by atoms with E-state index in [0.717, 1.165) is 37.8 Å². The minimum absolute atomic E-state index is 0.00838. The summed E-state index contributed by atoms with van der Waals surface area (Å²) in [6.45, 7) is 9.67. The molecule has 0 saturated carbocycles. The molecule has 3 N–H and O–H groups in total. The molecule has 1 aliphatic rings. The fourth-order valence-corrected chi connectivity index (χ4v) is 2.16. The molecule has 0 unspecified atom stereocenters. The Balaban J connectivity index is 2.11. The second-order valence-electron chi connectivity index (χ2n) is 6.67. The van der Waals surface area contributed by atoms with E-state index in [1.807, 2.05) is 18.3 Å². The normalized spacial score (nSPS) is 17.6. The number of nitrogens with one attached hydrogen (secondary N) is 1. The SMILES string of the molecule is CN1CCN(C(=NCC(C)(C)CN)Nc2cccnc2)CC1. The summed E-state index contributed by atoms with van der Waals surface area (Å²) in [4.78, 5) is 13.6. The van der Waals surface area contributed by atoms with Gasteiger partial charge >= 0.3 is 0 Å². The van der Waals surface area contributed by atoms with E-state index in [1.165, 1.54) is 0 Å². The molecule has 0 radical (unpaired) electrons. The first kappa shape index (κ1) is 16.7. The largest absolute Gasteiger partial charge is 0.340 e. The number of piperazine rings is 1. The first-order chi connectivity index (χ1) is 10.5. The van der Waals surface area contributed by atoms with E-state index in [2.05, 4.69) is 41.0 Å². The standard InChI is InChI=1S/C16H28N6/c1-16(2,12-17)13-19-15(20-14-5-4-6-18-11-14)22-9-7-21(3)8-10-22/h4-6,11H,7-10,12-13,17H2,1-3H3,(H,19,20). The van der Waals surface area contributed by atoms with Crippen molar-refractivity contribution in [2.75, 3.05) is 51.6 Å². The average Bonchev–Trinajstić information content (AvgIpc) is 2.53. The van der Waals surface area contributed by atoms with E-state index >= 15 is 0 Å². The van der Waals surface area contributed by atoms with Crippen molar-refractivity contribution in [3.05, 3.63) is 24.5 Å². The van der Waals surface area contributed by atoms with Gasteiger partial charge < -0.3 is 20.9 Å². The van der Waals surface area contributed by atoms with Gasteiger partial charge in [-0.3, -0.25) is 9.98 Å². The molecule has 122 valence electrons. The molecule has 6 nitrogen and oxygen atoms in total. The molecule has 0 spiro atoms. The summed E-state index contributed by atoms with van der Waals surface area (Å²) >= 11 is 0. The van der Waals surface area contributed by atoms with Crippen molar-refractivity contribution in [1.29, 1.82) is 0 Å². The molecule has 0 aromatic carbocycles. The Morgan fingerprint density at radius 1 is 1.36 bits per heavy atom. The Hall–Kier alpha value is -1.66. The van der Waals surface area contributed by atoms with Gasteiger partial charge in [0.1, 0.15) is 0 Å². The molecule has 22 heavy (non-hydrogen) atoms. The van der Waals surface area contributed by atoms with Gasteiger partial charge in [-0.25, -0.2) is 0 Å². The molecular formula is C16H28N6. The number of nitrogens with two attached hydrogens (primary N) is 1. The smallest absolute Gasteiger partial charge is 0.198 e. The first-order valence-corrected chi connectivity index (χ1v) is 7.85. The third kappa shape index (κ3) is 4.96. The van der Waals surface area contributed by atoms with Gasteiger partial charge in [0.25, 0.3) is 0 Å². The molecular weight excluding hydrogens is 276 g/mol. The summed E-state index contributed by atoms with van der Waals surface area (Å²) in [5.74, 6) is 0.919. The summed E-state index contributed by atoms with van der Waals surface area (Å²) in [5.41, 5.74) is 6.79. The Morgan fingerprint density at radius 2 is 2.09 bits per heavy atom. The number of hydrogen-bond acceptors (Lipinski definition) is 4. The van der Waals surface area contributed by atoms with Crippen molar-refractivity contribution in [1.82, 2.24) is 14.8 Å². The number of anilines is 1. The number of likely N-dealkylation sites (N-methyl/N-ethyl adjacent to an activating group) is 1. The third-order valence-electron chi connectivity index (χ3n) is 3.93. The minimum atomic E-state index is 0.00838. The predicted molar refractivity (Wildman–Crippen MR) is 92.1 cm³/mol. The zero-order valence-electron chi connectivity index (χ0n) is 13.9. The Kier molecular flexibility index (Phi) is 5.74. The van der Waals surface area contributed by atoms with Crippen LogP contribution in [0, 0.1) is 5.41 Å². The number of nitrogens with zero attached hydrogens (tertiary/aromatic N) is 4. The van der Waals surface area contributed by atoms with Gasteiger partial charge in [-0.15, -0.1) is 0 Å². The van der Waals surface area contributed by atoms with Crippen molar-refractivity contribution < 1.29 is 0 Å². The van der Waals surface area contributed by atoms with Crippen LogP contribution in [0.4, 0.5) is 5.69 Å². The summed E-state index contributed by atoms with van der Waals surface area (Å²) in [6, 6.07) is 3.93. The zero-order chi connectivity index (χ0) is 16.0. The molecule has 0 amide bonds. The van der Waals surface area contributed by atoms with Crippen molar-refractivity contribution in [3.8, 4) is 0 Å². The van der Waals surface area contributed by atoms with Crippen LogP contribution in [-0.2, 0) is 0 Å². The van der Waals surface area contributed by atoms with Crippen molar-refractivity contribution >= 4 is 11.6 Å². The van der Waals surface area contributed by atoms with E-state index in [1.54, 1.807) is 6.20 Å². The maximum atomic E-state index is 5.82. The summed E-state index contributed by atoms with van der Waals surface area (Å²) in [7, 11) is 2.15. The van der Waals surface area contributed by atoms with Gasteiger partial charge in [0.05, 0.1) is 11.9 Å². The number of aromatic nitrogens is 1. The van der Waals surface area contributed by atoms with E-state index < -0.39 is 0 Å². The lowest BCUT2D eigenvalue weighted by atomic mass is 9.94. The van der Waals surface area contributed by atoms with Crippen LogP contribution in [0.2, 0.25) is 0 Å². The van der Waals surface area contributed by atoms with E-state index in [4.69, 9.17) is 10.7 Å². The topological polar surface area (TPSA) is 69.8 Å². The summed E-state index contributed by atoms with van der Waals surface area (Å²) in [5, 5.41) is 3.41. The monoisotopic (exact) mass is 304 g/mol. The maximum absolute atomic E-state index is 5.82. The van der Waals surface area contributed by atoms with Crippen LogP contribution < -0.4 is 11.1 Å². The number of aliphatic imine (C=N–C) groups is 1. The highest BCUT2D eigenvalue weighted by Crippen LogP contribution is 2.14. The molecule has 0 bridgehead atoms. The highest BCUT2D eigenvalue weighted by atomic mass is 15.3. The molecule has 1 aliphatic heterocycles. The number of hydrogen-bond donors (Lipinski definition) is 2. The van der Waals surface area contributed by atoms with Gasteiger partial charge in [0.2, 0.25) is 0 Å². The van der Waals surface area contributed by atoms with Crippen LogP contribution >= 0.6 is 0 Å². The maximum Gasteiger partial charge on any atom is 0.198 e. The molecule has 1 aromatic rings. The lowest BCUT2D eigenvalue weighted by Crippen LogP contribution is -2.49. The predicted octanol–water partition coefficient (Wildman–Crippen LogP) is 1.08. The first-order valence-electron chi connectivity index (χ1n) is 7.85. The minimum Gasteiger partial charge on any atom is -0.340 e.